The Balaban J connectivity index is 2.36. The summed E-state index contributed by atoms with van der Waals surface area (Å²) < 4.78 is 0.875. The number of carbonyl (C=O) groups excluding carboxylic acids is 1. The molecule has 0 saturated carbocycles. The van der Waals surface area contributed by atoms with E-state index in [-0.39, 0.29) is 5.15 Å². The van der Waals surface area contributed by atoms with Crippen LogP contribution in [0.5, 0.6) is 0 Å². The molecule has 0 unspecified atom stereocenters. The van der Waals surface area contributed by atoms with Gasteiger partial charge in [0.25, 0.3) is 0 Å². The Hall–Kier alpha value is -0.910. The van der Waals surface area contributed by atoms with Gasteiger partial charge in [0.2, 0.25) is 0 Å². The maximum absolute atomic E-state index is 10.8. The Morgan fingerprint density at radius 3 is 2.93 bits per heavy atom. The number of thiazole rings is 1. The van der Waals surface area contributed by atoms with Gasteiger partial charge in [0.05, 0.1) is 5.56 Å². The highest BCUT2D eigenvalue weighted by atomic mass is 35.5. The van der Waals surface area contributed by atoms with Gasteiger partial charge < -0.3 is 0 Å². The fourth-order valence-corrected chi connectivity index (χ4v) is 2.91. The molecule has 3 nitrogen and oxygen atoms in total. The van der Waals surface area contributed by atoms with Crippen LogP contribution in [-0.4, -0.2) is 16.3 Å². The first-order chi connectivity index (χ1) is 7.31. The SMILES string of the molecule is O=Cc1c(Sc2nccs2)ccnc1Cl. The van der Waals surface area contributed by atoms with Crippen molar-refractivity contribution in [1.82, 2.24) is 9.97 Å². The number of rotatable bonds is 3. The molecule has 76 valence electrons. The molecule has 2 rings (SSSR count). The third kappa shape index (κ3) is 2.37. The number of hydrogen-bond donors (Lipinski definition) is 0. The fraction of sp³-hybridized carbons (Fsp3) is 0. The van der Waals surface area contributed by atoms with Crippen LogP contribution in [-0.2, 0) is 0 Å². The number of hydrogen-bond acceptors (Lipinski definition) is 5. The minimum absolute atomic E-state index is 0.228. The lowest BCUT2D eigenvalue weighted by Gasteiger charge is -2.02. The van der Waals surface area contributed by atoms with Crippen molar-refractivity contribution < 1.29 is 4.79 Å². The number of aldehydes is 1. The zero-order valence-electron chi connectivity index (χ0n) is 7.38. The summed E-state index contributed by atoms with van der Waals surface area (Å²) in [4.78, 5) is 19.6. The van der Waals surface area contributed by atoms with Crippen molar-refractivity contribution in [1.29, 1.82) is 0 Å². The zero-order valence-corrected chi connectivity index (χ0v) is 9.77. The van der Waals surface area contributed by atoms with Crippen molar-refractivity contribution in [3.05, 3.63) is 34.6 Å². The van der Waals surface area contributed by atoms with Gasteiger partial charge in [-0.3, -0.25) is 4.79 Å². The van der Waals surface area contributed by atoms with Gasteiger partial charge in [-0.15, -0.1) is 11.3 Å². The Kier molecular flexibility index (Phi) is 3.35. The Labute approximate surface area is 99.5 Å². The lowest BCUT2D eigenvalue weighted by atomic mass is 10.3. The number of aromatic nitrogens is 2. The van der Waals surface area contributed by atoms with Gasteiger partial charge in [-0.25, -0.2) is 9.97 Å². The first-order valence-electron chi connectivity index (χ1n) is 3.98. The molecule has 0 fully saturated rings. The molecule has 0 amide bonds. The molecule has 15 heavy (non-hydrogen) atoms. The molecule has 0 radical (unpaired) electrons. The lowest BCUT2D eigenvalue weighted by Crippen LogP contribution is -1.89. The second-order valence-electron chi connectivity index (χ2n) is 2.53. The highest BCUT2D eigenvalue weighted by Gasteiger charge is 2.09. The summed E-state index contributed by atoms with van der Waals surface area (Å²) >= 11 is 8.72. The number of nitrogens with zero attached hydrogens (tertiary/aromatic N) is 2. The van der Waals surface area contributed by atoms with Crippen LogP contribution in [0.1, 0.15) is 10.4 Å². The van der Waals surface area contributed by atoms with Crippen molar-refractivity contribution in [2.75, 3.05) is 0 Å². The van der Waals surface area contributed by atoms with Gasteiger partial charge in [0.15, 0.2) is 10.6 Å². The van der Waals surface area contributed by atoms with E-state index in [1.54, 1.807) is 18.5 Å². The predicted molar refractivity (Wildman–Crippen MR) is 60.9 cm³/mol. The summed E-state index contributed by atoms with van der Waals surface area (Å²) in [5.41, 5.74) is 0.416. The van der Waals surface area contributed by atoms with Gasteiger partial charge in [0, 0.05) is 22.7 Å². The Morgan fingerprint density at radius 1 is 1.40 bits per heavy atom. The van der Waals surface area contributed by atoms with E-state index in [1.807, 2.05) is 5.38 Å². The number of pyridine rings is 1. The summed E-state index contributed by atoms with van der Waals surface area (Å²) in [7, 11) is 0. The predicted octanol–water partition coefficient (Wildman–Crippen LogP) is 3.16. The molecule has 2 aromatic heterocycles. The van der Waals surface area contributed by atoms with Crippen molar-refractivity contribution in [2.24, 2.45) is 0 Å². The molecule has 0 bridgehead atoms. The number of halogens is 1. The van der Waals surface area contributed by atoms with E-state index < -0.39 is 0 Å². The maximum Gasteiger partial charge on any atom is 0.154 e. The maximum atomic E-state index is 10.8. The van der Waals surface area contributed by atoms with Gasteiger partial charge >= 0.3 is 0 Å². The minimum Gasteiger partial charge on any atom is -0.298 e. The van der Waals surface area contributed by atoms with E-state index in [0.717, 1.165) is 9.24 Å². The Morgan fingerprint density at radius 2 is 2.27 bits per heavy atom. The summed E-state index contributed by atoms with van der Waals surface area (Å²) in [6.45, 7) is 0. The van der Waals surface area contributed by atoms with E-state index in [0.29, 0.717) is 11.8 Å². The summed E-state index contributed by atoms with van der Waals surface area (Å²) in [5.74, 6) is 0. The molecular formula is C9H5ClN2OS2. The zero-order chi connectivity index (χ0) is 10.7. The number of carbonyl (C=O) groups is 1. The van der Waals surface area contributed by atoms with Crippen molar-refractivity contribution in [3.8, 4) is 0 Å². The van der Waals surface area contributed by atoms with E-state index in [2.05, 4.69) is 9.97 Å². The molecule has 0 aliphatic heterocycles. The third-order valence-electron chi connectivity index (χ3n) is 1.63. The molecule has 0 aromatic carbocycles. The standard InChI is InChI=1S/C9H5ClN2OS2/c10-8-6(5-13)7(1-2-11-8)15-9-12-3-4-14-9/h1-5H. The normalized spacial score (nSPS) is 10.2. The van der Waals surface area contributed by atoms with Gasteiger partial charge in [-0.1, -0.05) is 23.4 Å². The van der Waals surface area contributed by atoms with E-state index >= 15 is 0 Å². The second-order valence-corrected chi connectivity index (χ2v) is 5.07. The van der Waals surface area contributed by atoms with Crippen LogP contribution in [0.15, 0.2) is 33.1 Å². The van der Waals surface area contributed by atoms with E-state index in [9.17, 15) is 4.79 Å². The lowest BCUT2D eigenvalue weighted by molar-refractivity contribution is 0.112. The first-order valence-corrected chi connectivity index (χ1v) is 6.05. The van der Waals surface area contributed by atoms with E-state index in [4.69, 9.17) is 11.6 Å². The first kappa shape index (κ1) is 10.6. The van der Waals surface area contributed by atoms with Crippen LogP contribution in [0, 0.1) is 0 Å². The molecule has 2 aromatic rings. The molecule has 2 heterocycles. The monoisotopic (exact) mass is 256 g/mol. The van der Waals surface area contributed by atoms with Crippen molar-refractivity contribution in [3.63, 3.8) is 0 Å². The molecule has 6 heteroatoms. The van der Waals surface area contributed by atoms with Crippen LogP contribution >= 0.6 is 34.7 Å². The van der Waals surface area contributed by atoms with Gasteiger partial charge in [0.1, 0.15) is 5.15 Å². The molecule has 0 spiro atoms. The minimum atomic E-state index is 0.228. The van der Waals surface area contributed by atoms with E-state index in [1.165, 1.54) is 23.1 Å². The average Bonchev–Trinajstić information content (AvgIpc) is 2.71. The summed E-state index contributed by atoms with van der Waals surface area (Å²) in [6.07, 6.45) is 4.01. The van der Waals surface area contributed by atoms with Gasteiger partial charge in [-0.05, 0) is 6.07 Å². The molecule has 0 aliphatic carbocycles. The van der Waals surface area contributed by atoms with Crippen molar-refractivity contribution in [2.45, 2.75) is 9.24 Å². The second kappa shape index (κ2) is 4.74. The van der Waals surface area contributed by atoms with Crippen molar-refractivity contribution >= 4 is 41.0 Å². The van der Waals surface area contributed by atoms with Gasteiger partial charge in [-0.2, -0.15) is 0 Å². The van der Waals surface area contributed by atoms with Crippen LogP contribution in [0.2, 0.25) is 5.15 Å². The molecule has 0 atom stereocenters. The largest absolute Gasteiger partial charge is 0.298 e. The fourth-order valence-electron chi connectivity index (χ4n) is 0.982. The summed E-state index contributed by atoms with van der Waals surface area (Å²) in [6, 6.07) is 1.75. The van der Waals surface area contributed by atoms with Crippen LogP contribution in [0.25, 0.3) is 0 Å². The molecule has 0 saturated heterocycles. The highest BCUT2D eigenvalue weighted by Crippen LogP contribution is 2.32. The van der Waals surface area contributed by atoms with Crippen LogP contribution in [0.4, 0.5) is 0 Å². The topological polar surface area (TPSA) is 42.9 Å². The summed E-state index contributed by atoms with van der Waals surface area (Å²) in [5, 5.41) is 2.11. The quantitative estimate of drug-likeness (QED) is 0.625. The average molecular weight is 257 g/mol. The third-order valence-corrected chi connectivity index (χ3v) is 3.89. The van der Waals surface area contributed by atoms with Crippen LogP contribution in [0.3, 0.4) is 0 Å². The smallest absolute Gasteiger partial charge is 0.154 e. The molecule has 0 N–H and O–H groups in total. The van der Waals surface area contributed by atoms with Crippen LogP contribution < -0.4 is 0 Å². The molecule has 0 aliphatic rings. The Bertz CT molecular complexity index is 473. The highest BCUT2D eigenvalue weighted by molar-refractivity contribution is 8.01. The molecular weight excluding hydrogens is 252 g/mol.